The highest BCUT2D eigenvalue weighted by Crippen LogP contribution is 2.23. The van der Waals surface area contributed by atoms with E-state index in [4.69, 9.17) is 0 Å². The molecule has 8 heteroatoms. The van der Waals surface area contributed by atoms with Gasteiger partial charge in [0, 0.05) is 10.2 Å². The summed E-state index contributed by atoms with van der Waals surface area (Å²) in [5.74, 6) is 0.179. The van der Waals surface area contributed by atoms with Gasteiger partial charge in [0.15, 0.2) is 5.65 Å². The quantitative estimate of drug-likeness (QED) is 0.538. The van der Waals surface area contributed by atoms with Crippen LogP contribution in [0, 0.1) is 6.92 Å². The lowest BCUT2D eigenvalue weighted by molar-refractivity contribution is -0.113. The topological polar surface area (TPSA) is 83.6 Å². The predicted octanol–water partition coefficient (Wildman–Crippen LogP) is 3.15. The molecule has 2 heterocycles. The number of nitrogens with one attached hydrogen (secondary N) is 2. The lowest BCUT2D eigenvalue weighted by Gasteiger charge is -2.07. The van der Waals surface area contributed by atoms with Gasteiger partial charge in [-0.15, -0.1) is 0 Å². The predicted molar refractivity (Wildman–Crippen MR) is 89.9 cm³/mol. The van der Waals surface area contributed by atoms with Gasteiger partial charge in [-0.05, 0) is 30.7 Å². The minimum atomic E-state index is -0.0852. The molecule has 0 saturated heterocycles. The molecular formula is C14H12BrN5OS. The Morgan fingerprint density at radius 1 is 1.36 bits per heavy atom. The summed E-state index contributed by atoms with van der Waals surface area (Å²) in [5, 5.41) is 3.58. The number of benzene rings is 1. The molecule has 0 spiro atoms. The minimum Gasteiger partial charge on any atom is -0.341 e. The molecule has 0 unspecified atom stereocenters. The lowest BCUT2D eigenvalue weighted by Crippen LogP contribution is -2.14. The van der Waals surface area contributed by atoms with Crippen LogP contribution in [0.5, 0.6) is 0 Å². The van der Waals surface area contributed by atoms with Gasteiger partial charge in [0.1, 0.15) is 16.9 Å². The van der Waals surface area contributed by atoms with Crippen molar-refractivity contribution in [1.82, 2.24) is 19.9 Å². The second-order valence-corrected chi connectivity index (χ2v) is 6.40. The molecule has 3 rings (SSSR count). The smallest absolute Gasteiger partial charge is 0.234 e. The number of fused-ring (bicyclic) bond motifs is 1. The molecule has 0 radical (unpaired) electrons. The Hall–Kier alpha value is -1.93. The van der Waals surface area contributed by atoms with Crippen LogP contribution in [0.3, 0.4) is 0 Å². The van der Waals surface area contributed by atoms with Crippen molar-refractivity contribution in [3.63, 3.8) is 0 Å². The molecule has 0 aliphatic carbocycles. The Bertz CT molecular complexity index is 835. The number of rotatable bonds is 4. The Labute approximate surface area is 139 Å². The van der Waals surface area contributed by atoms with E-state index < -0.39 is 0 Å². The number of imidazole rings is 1. The zero-order valence-electron chi connectivity index (χ0n) is 11.6. The molecule has 0 bridgehead atoms. The van der Waals surface area contributed by atoms with Crippen LogP contribution in [-0.2, 0) is 4.79 Å². The molecule has 0 aliphatic heterocycles. The standard InChI is InChI=1S/C14H12BrN5OS/c1-8-4-9(2-3-10(8)15)20-11(21)5-22-14-12-13(17-6-16-12)18-7-19-14/h2-4,6-7H,5H2,1H3,(H,20,21)(H,16,17,18,19). The highest BCUT2D eigenvalue weighted by Gasteiger charge is 2.10. The van der Waals surface area contributed by atoms with Crippen molar-refractivity contribution in [3.05, 3.63) is 40.9 Å². The molecule has 3 aromatic rings. The number of carbonyl (C=O) groups excluding carboxylic acids is 1. The maximum Gasteiger partial charge on any atom is 0.234 e. The van der Waals surface area contributed by atoms with Gasteiger partial charge in [-0.2, -0.15) is 0 Å². The normalized spacial score (nSPS) is 10.8. The number of aromatic amines is 1. The molecule has 2 aromatic heterocycles. The largest absolute Gasteiger partial charge is 0.341 e. The molecule has 0 saturated carbocycles. The number of aromatic nitrogens is 4. The number of anilines is 1. The number of halogens is 1. The fourth-order valence-electron chi connectivity index (χ4n) is 1.91. The molecule has 0 atom stereocenters. The summed E-state index contributed by atoms with van der Waals surface area (Å²) in [6, 6.07) is 5.69. The van der Waals surface area contributed by atoms with E-state index in [1.807, 2.05) is 25.1 Å². The first-order valence-corrected chi connectivity index (χ1v) is 8.24. The SMILES string of the molecule is Cc1cc(NC(=O)CSc2ncnc3nc[nH]c23)ccc1Br. The summed E-state index contributed by atoms with van der Waals surface area (Å²) < 4.78 is 1.02. The molecule has 0 aliphatic rings. The number of hydrogen-bond acceptors (Lipinski definition) is 5. The van der Waals surface area contributed by atoms with Crippen LogP contribution < -0.4 is 5.32 Å². The van der Waals surface area contributed by atoms with Crippen molar-refractivity contribution >= 4 is 50.5 Å². The summed E-state index contributed by atoms with van der Waals surface area (Å²) in [6.45, 7) is 1.98. The average molecular weight is 378 g/mol. The third-order valence-electron chi connectivity index (χ3n) is 2.97. The Kier molecular flexibility index (Phi) is 4.39. The highest BCUT2D eigenvalue weighted by molar-refractivity contribution is 9.10. The lowest BCUT2D eigenvalue weighted by atomic mass is 10.2. The first kappa shape index (κ1) is 15.0. The Morgan fingerprint density at radius 3 is 3.05 bits per heavy atom. The molecule has 1 amide bonds. The van der Waals surface area contributed by atoms with Gasteiger partial charge in [0.25, 0.3) is 0 Å². The van der Waals surface area contributed by atoms with Crippen LogP contribution >= 0.6 is 27.7 Å². The summed E-state index contributed by atoms with van der Waals surface area (Å²) >= 11 is 4.78. The number of H-pyrrole nitrogens is 1. The van der Waals surface area contributed by atoms with Crippen molar-refractivity contribution in [2.45, 2.75) is 11.9 Å². The van der Waals surface area contributed by atoms with Crippen LogP contribution in [0.25, 0.3) is 11.2 Å². The van der Waals surface area contributed by atoms with Gasteiger partial charge < -0.3 is 10.3 Å². The Balaban J connectivity index is 1.65. The monoisotopic (exact) mass is 377 g/mol. The van der Waals surface area contributed by atoms with E-state index in [1.165, 1.54) is 18.1 Å². The highest BCUT2D eigenvalue weighted by atomic mass is 79.9. The Morgan fingerprint density at radius 2 is 2.23 bits per heavy atom. The minimum absolute atomic E-state index is 0.0852. The van der Waals surface area contributed by atoms with Gasteiger partial charge in [-0.1, -0.05) is 27.7 Å². The van der Waals surface area contributed by atoms with Crippen molar-refractivity contribution in [2.24, 2.45) is 0 Å². The number of carbonyl (C=O) groups is 1. The third kappa shape index (κ3) is 3.28. The average Bonchev–Trinajstić information content (AvgIpc) is 2.98. The van der Waals surface area contributed by atoms with Crippen LogP contribution in [0.4, 0.5) is 5.69 Å². The molecule has 2 N–H and O–H groups in total. The van der Waals surface area contributed by atoms with Crippen molar-refractivity contribution in [3.8, 4) is 0 Å². The van der Waals surface area contributed by atoms with Crippen LogP contribution in [-0.4, -0.2) is 31.6 Å². The first-order chi connectivity index (χ1) is 10.6. The second kappa shape index (κ2) is 6.45. The number of nitrogens with zero attached hydrogens (tertiary/aromatic N) is 3. The van der Waals surface area contributed by atoms with Crippen molar-refractivity contribution in [2.75, 3.05) is 11.1 Å². The van der Waals surface area contributed by atoms with Gasteiger partial charge in [-0.25, -0.2) is 15.0 Å². The van der Waals surface area contributed by atoms with Crippen molar-refractivity contribution in [1.29, 1.82) is 0 Å². The summed E-state index contributed by atoms with van der Waals surface area (Å²) in [7, 11) is 0. The van der Waals surface area contributed by atoms with E-state index in [1.54, 1.807) is 6.33 Å². The van der Waals surface area contributed by atoms with Crippen molar-refractivity contribution < 1.29 is 4.79 Å². The molecule has 1 aromatic carbocycles. The number of aryl methyl sites for hydroxylation is 1. The zero-order chi connectivity index (χ0) is 15.5. The first-order valence-electron chi connectivity index (χ1n) is 6.46. The molecule has 0 fully saturated rings. The molecule has 6 nitrogen and oxygen atoms in total. The summed E-state index contributed by atoms with van der Waals surface area (Å²) in [4.78, 5) is 27.3. The fourth-order valence-corrected chi connectivity index (χ4v) is 2.91. The van der Waals surface area contributed by atoms with Crippen LogP contribution in [0.15, 0.2) is 40.4 Å². The van der Waals surface area contributed by atoms with E-state index >= 15 is 0 Å². The second-order valence-electron chi connectivity index (χ2n) is 4.58. The summed E-state index contributed by atoms with van der Waals surface area (Å²) in [5.41, 5.74) is 3.20. The van der Waals surface area contributed by atoms with E-state index in [9.17, 15) is 4.79 Å². The van der Waals surface area contributed by atoms with Gasteiger partial charge in [0.2, 0.25) is 5.91 Å². The van der Waals surface area contributed by atoms with E-state index in [-0.39, 0.29) is 11.7 Å². The molecule has 22 heavy (non-hydrogen) atoms. The molecule has 112 valence electrons. The van der Waals surface area contributed by atoms with Crippen LogP contribution in [0.1, 0.15) is 5.56 Å². The maximum atomic E-state index is 12.0. The molecular weight excluding hydrogens is 366 g/mol. The maximum absolute atomic E-state index is 12.0. The van der Waals surface area contributed by atoms with Gasteiger partial charge in [0.05, 0.1) is 12.1 Å². The number of hydrogen-bond donors (Lipinski definition) is 2. The van der Waals surface area contributed by atoms with Gasteiger partial charge in [-0.3, -0.25) is 4.79 Å². The fraction of sp³-hybridized carbons (Fsp3) is 0.143. The van der Waals surface area contributed by atoms with E-state index in [2.05, 4.69) is 41.2 Å². The summed E-state index contributed by atoms with van der Waals surface area (Å²) in [6.07, 6.45) is 3.01. The van der Waals surface area contributed by atoms with E-state index in [0.29, 0.717) is 10.7 Å². The van der Waals surface area contributed by atoms with E-state index in [0.717, 1.165) is 21.2 Å². The number of amides is 1. The number of thioether (sulfide) groups is 1. The van der Waals surface area contributed by atoms with Crippen LogP contribution in [0.2, 0.25) is 0 Å². The van der Waals surface area contributed by atoms with Gasteiger partial charge >= 0.3 is 0 Å². The zero-order valence-corrected chi connectivity index (χ0v) is 14.0. The third-order valence-corrected chi connectivity index (χ3v) is 4.85.